The Morgan fingerprint density at radius 2 is 1.83 bits per heavy atom. The lowest BCUT2D eigenvalue weighted by molar-refractivity contribution is -0.122. The van der Waals surface area contributed by atoms with Crippen LogP contribution >= 0.6 is 15.9 Å². The summed E-state index contributed by atoms with van der Waals surface area (Å²) in [5.74, 6) is 0.482. The highest BCUT2D eigenvalue weighted by Crippen LogP contribution is 2.14. The first-order chi connectivity index (χ1) is 11.2. The van der Waals surface area contributed by atoms with E-state index in [9.17, 15) is 9.59 Å². The number of carbonyl (C=O) groups is 2. The summed E-state index contributed by atoms with van der Waals surface area (Å²) >= 11 is 3.30. The lowest BCUT2D eigenvalue weighted by Gasteiger charge is -2.23. The highest BCUT2D eigenvalue weighted by atomic mass is 79.9. The van der Waals surface area contributed by atoms with E-state index < -0.39 is 17.7 Å². The molecule has 0 radical (unpaired) electrons. The van der Waals surface area contributed by atoms with Crippen LogP contribution in [-0.2, 0) is 16.0 Å². The van der Waals surface area contributed by atoms with E-state index in [0.717, 1.165) is 16.6 Å². The van der Waals surface area contributed by atoms with Gasteiger partial charge in [-0.05, 0) is 38.5 Å². The van der Waals surface area contributed by atoms with Crippen LogP contribution in [0.25, 0.3) is 0 Å². The summed E-state index contributed by atoms with van der Waals surface area (Å²) in [6.45, 7) is 5.90. The predicted octanol–water partition coefficient (Wildman–Crippen LogP) is 2.64. The summed E-state index contributed by atoms with van der Waals surface area (Å²) in [5, 5.41) is 5.92. The van der Waals surface area contributed by atoms with Gasteiger partial charge in [-0.25, -0.2) is 4.79 Å². The third-order valence-corrected chi connectivity index (χ3v) is 3.29. The number of rotatable bonds is 7. The number of nitrogens with one attached hydrogen (secondary N) is 2. The first-order valence-electron chi connectivity index (χ1n) is 7.74. The van der Waals surface area contributed by atoms with Gasteiger partial charge in [0.15, 0.2) is 0 Å². The Kier molecular flexibility index (Phi) is 8.04. The number of hydrogen-bond donors (Lipinski definition) is 2. The molecule has 0 unspecified atom stereocenters. The van der Waals surface area contributed by atoms with E-state index in [1.807, 2.05) is 24.3 Å². The number of halogens is 1. The molecule has 0 aromatic heterocycles. The van der Waals surface area contributed by atoms with Gasteiger partial charge < -0.3 is 20.1 Å². The van der Waals surface area contributed by atoms with Gasteiger partial charge in [0.2, 0.25) is 5.91 Å². The van der Waals surface area contributed by atoms with E-state index in [1.54, 1.807) is 20.8 Å². The van der Waals surface area contributed by atoms with Crippen molar-refractivity contribution in [2.75, 3.05) is 19.0 Å². The van der Waals surface area contributed by atoms with Crippen molar-refractivity contribution in [2.45, 2.75) is 38.8 Å². The fourth-order valence-electron chi connectivity index (χ4n) is 1.95. The average molecular weight is 401 g/mol. The largest absolute Gasteiger partial charge is 0.493 e. The molecule has 2 N–H and O–H groups in total. The minimum absolute atomic E-state index is 0.277. The van der Waals surface area contributed by atoms with Crippen LogP contribution in [-0.4, -0.2) is 42.6 Å². The zero-order valence-electron chi connectivity index (χ0n) is 14.5. The molecule has 0 heterocycles. The molecule has 24 heavy (non-hydrogen) atoms. The molecule has 0 aliphatic rings. The summed E-state index contributed by atoms with van der Waals surface area (Å²) in [6, 6.07) is 6.71. The summed E-state index contributed by atoms with van der Waals surface area (Å²) in [6.07, 6.45) is -0.258. The summed E-state index contributed by atoms with van der Waals surface area (Å²) in [4.78, 5) is 23.9. The Bertz CT molecular complexity index is 541. The van der Waals surface area contributed by atoms with Crippen molar-refractivity contribution < 1.29 is 19.1 Å². The zero-order valence-corrected chi connectivity index (χ0v) is 16.1. The molecule has 1 rings (SSSR count). The van der Waals surface area contributed by atoms with Crippen molar-refractivity contribution in [1.82, 2.24) is 10.6 Å². The van der Waals surface area contributed by atoms with Crippen molar-refractivity contribution in [1.29, 1.82) is 0 Å². The van der Waals surface area contributed by atoms with Crippen LogP contribution in [0.1, 0.15) is 26.3 Å². The second kappa shape index (κ2) is 9.52. The zero-order chi connectivity index (χ0) is 18.2. The van der Waals surface area contributed by atoms with E-state index in [4.69, 9.17) is 9.47 Å². The van der Waals surface area contributed by atoms with E-state index >= 15 is 0 Å². The topological polar surface area (TPSA) is 76.7 Å². The lowest BCUT2D eigenvalue weighted by atomic mass is 10.1. The molecule has 1 aromatic carbocycles. The Morgan fingerprint density at radius 3 is 2.33 bits per heavy atom. The van der Waals surface area contributed by atoms with Gasteiger partial charge in [0.25, 0.3) is 0 Å². The van der Waals surface area contributed by atoms with Crippen LogP contribution in [0.15, 0.2) is 24.3 Å². The summed E-state index contributed by atoms with van der Waals surface area (Å²) < 4.78 is 10.7. The molecule has 2 amide bonds. The van der Waals surface area contributed by atoms with E-state index in [2.05, 4.69) is 26.6 Å². The normalized spacial score (nSPS) is 12.2. The third kappa shape index (κ3) is 7.68. The fraction of sp³-hybridized carbons (Fsp3) is 0.529. The molecule has 134 valence electrons. The number of likely N-dealkylation sites (N-methyl/N-ethyl adjacent to an activating group) is 1. The Hall–Kier alpha value is -1.76. The minimum Gasteiger partial charge on any atom is -0.493 e. The maximum absolute atomic E-state index is 12.0. The predicted molar refractivity (Wildman–Crippen MR) is 96.7 cm³/mol. The minimum atomic E-state index is -0.709. The quantitative estimate of drug-likeness (QED) is 0.689. The molecule has 0 saturated heterocycles. The van der Waals surface area contributed by atoms with E-state index in [1.165, 1.54) is 7.05 Å². The van der Waals surface area contributed by atoms with Gasteiger partial charge in [-0.3, -0.25) is 4.79 Å². The van der Waals surface area contributed by atoms with Crippen molar-refractivity contribution in [3.05, 3.63) is 29.8 Å². The maximum atomic E-state index is 12.0. The molecule has 0 fully saturated rings. The van der Waals surface area contributed by atoms with Gasteiger partial charge in [-0.15, -0.1) is 0 Å². The van der Waals surface area contributed by atoms with Gasteiger partial charge in [-0.1, -0.05) is 28.1 Å². The maximum Gasteiger partial charge on any atom is 0.408 e. The Labute approximate surface area is 151 Å². The van der Waals surface area contributed by atoms with E-state index in [-0.39, 0.29) is 5.91 Å². The number of ether oxygens (including phenoxy) is 2. The highest BCUT2D eigenvalue weighted by molar-refractivity contribution is 9.09. The third-order valence-electron chi connectivity index (χ3n) is 2.96. The Morgan fingerprint density at radius 1 is 1.21 bits per heavy atom. The number of benzene rings is 1. The standard InChI is InChI=1S/C17H25BrN2O4/c1-17(2,3)24-16(22)20-14(15(21)19-4)11-12-5-7-13(8-6-12)23-10-9-18/h5-8,14H,9-11H2,1-4H3,(H,19,21)(H,20,22)/t14-/m0/s1. The van der Waals surface area contributed by atoms with Crippen molar-refractivity contribution >= 4 is 27.9 Å². The molecule has 1 atom stereocenters. The van der Waals surface area contributed by atoms with Crippen LogP contribution in [0, 0.1) is 0 Å². The number of alkyl halides is 1. The van der Waals surface area contributed by atoms with Crippen LogP contribution in [0.5, 0.6) is 5.75 Å². The monoisotopic (exact) mass is 400 g/mol. The lowest BCUT2D eigenvalue weighted by Crippen LogP contribution is -2.48. The number of amides is 2. The summed E-state index contributed by atoms with van der Waals surface area (Å²) in [7, 11) is 1.53. The Balaban J connectivity index is 2.72. The molecule has 1 aromatic rings. The van der Waals surface area contributed by atoms with Gasteiger partial charge in [0, 0.05) is 18.8 Å². The number of hydrogen-bond acceptors (Lipinski definition) is 4. The summed E-state index contributed by atoms with van der Waals surface area (Å²) in [5.41, 5.74) is 0.289. The highest BCUT2D eigenvalue weighted by Gasteiger charge is 2.23. The van der Waals surface area contributed by atoms with Gasteiger partial charge in [-0.2, -0.15) is 0 Å². The van der Waals surface area contributed by atoms with Crippen molar-refractivity contribution in [3.63, 3.8) is 0 Å². The first-order valence-corrected chi connectivity index (χ1v) is 8.86. The number of alkyl carbamates (subject to hydrolysis) is 1. The second-order valence-electron chi connectivity index (χ2n) is 6.20. The molecule has 0 spiro atoms. The molecule has 7 heteroatoms. The molecule has 6 nitrogen and oxygen atoms in total. The average Bonchev–Trinajstić information content (AvgIpc) is 2.51. The van der Waals surface area contributed by atoms with Gasteiger partial charge in [0.05, 0.1) is 6.61 Å². The fourth-order valence-corrected chi connectivity index (χ4v) is 2.11. The van der Waals surface area contributed by atoms with Crippen LogP contribution in [0.4, 0.5) is 4.79 Å². The molecular weight excluding hydrogens is 376 g/mol. The molecule has 0 aliphatic carbocycles. The molecular formula is C17H25BrN2O4. The van der Waals surface area contributed by atoms with Crippen LogP contribution in [0.3, 0.4) is 0 Å². The number of carbonyl (C=O) groups excluding carboxylic acids is 2. The van der Waals surface area contributed by atoms with Crippen LogP contribution in [0.2, 0.25) is 0 Å². The molecule has 0 aliphatic heterocycles. The van der Waals surface area contributed by atoms with Gasteiger partial charge in [0.1, 0.15) is 17.4 Å². The van der Waals surface area contributed by atoms with Crippen molar-refractivity contribution in [3.8, 4) is 5.75 Å². The first kappa shape index (κ1) is 20.3. The molecule has 0 saturated carbocycles. The van der Waals surface area contributed by atoms with Crippen LogP contribution < -0.4 is 15.4 Å². The molecule has 0 bridgehead atoms. The second-order valence-corrected chi connectivity index (χ2v) is 6.99. The SMILES string of the molecule is CNC(=O)[C@H](Cc1ccc(OCCBr)cc1)NC(=O)OC(C)(C)C. The smallest absolute Gasteiger partial charge is 0.408 e. The van der Waals surface area contributed by atoms with Crippen molar-refractivity contribution in [2.24, 2.45) is 0 Å². The van der Waals surface area contributed by atoms with E-state index in [0.29, 0.717) is 13.0 Å². The van der Waals surface area contributed by atoms with Gasteiger partial charge >= 0.3 is 6.09 Å².